The summed E-state index contributed by atoms with van der Waals surface area (Å²) < 4.78 is 113. The average Bonchev–Trinajstić information content (AvgIpc) is 3.75. The van der Waals surface area contributed by atoms with Gasteiger partial charge in [-0.3, -0.25) is 0 Å². The molecule has 17 heteroatoms. The number of aromatic nitrogens is 8. The van der Waals surface area contributed by atoms with Crippen molar-refractivity contribution in [2.24, 2.45) is 0 Å². The maximum absolute atomic E-state index is 16.9. The summed E-state index contributed by atoms with van der Waals surface area (Å²) in [6.45, 7) is 0. The summed E-state index contributed by atoms with van der Waals surface area (Å²) in [4.78, 5) is 32.0. The number of aromatic amines is 2. The van der Waals surface area contributed by atoms with Crippen LogP contribution in [0, 0.1) is 0 Å². The molecule has 2 N–H and O–H groups in total. The van der Waals surface area contributed by atoms with E-state index in [2.05, 4.69) is 34.9 Å². The van der Waals surface area contributed by atoms with Crippen LogP contribution in [0.15, 0.2) is 91.0 Å². The first-order valence-corrected chi connectivity index (χ1v) is 18.0. The number of H-pyrrole nitrogens is 2. The van der Waals surface area contributed by atoms with Crippen LogP contribution in [0.5, 0.6) is 0 Å². The molecule has 2 aliphatic rings. The molecule has 0 atom stereocenters. The molecule has 4 aromatic carbocycles. The van der Waals surface area contributed by atoms with E-state index in [0.717, 1.165) is 6.07 Å². The van der Waals surface area contributed by atoms with Crippen molar-refractivity contribution in [2.75, 3.05) is 0 Å². The second kappa shape index (κ2) is 6.60. The number of nitrogens with zero attached hydrogens (tertiary/aromatic N) is 6. The summed E-state index contributed by atoms with van der Waals surface area (Å²) in [5.74, 6) is -0.433. The molecule has 0 aliphatic carbocycles. The number of nitrogens with one attached hydrogen (secondary N) is 2. The minimum absolute atomic E-state index is 0.000710. The Labute approximate surface area is 264 Å². The molecule has 5 heterocycles. The number of rotatable bonds is 1. The minimum atomic E-state index is -16.9. The van der Waals surface area contributed by atoms with Crippen LogP contribution in [-0.2, 0) is 11.2 Å². The Bertz CT molecular complexity index is 2920. The van der Waals surface area contributed by atoms with Crippen molar-refractivity contribution in [3.63, 3.8) is 0 Å². The fourth-order valence-electron chi connectivity index (χ4n) is 6.08. The van der Waals surface area contributed by atoms with E-state index >= 15 is 0 Å². The number of hydrogen-bond acceptors (Lipinski definition) is 6. The van der Waals surface area contributed by atoms with Crippen molar-refractivity contribution in [3.8, 4) is 45.6 Å². The molecule has 0 saturated carbocycles. The van der Waals surface area contributed by atoms with Crippen molar-refractivity contribution in [2.45, 2.75) is 0 Å². The third-order valence-corrected chi connectivity index (χ3v) is 10.4. The predicted octanol–water partition coefficient (Wildman–Crippen LogP) is 9.40. The van der Waals surface area contributed by atoms with Gasteiger partial charge >= 0.3 is 259 Å². The van der Waals surface area contributed by atoms with Gasteiger partial charge in [-0.15, -0.1) is 0 Å². The van der Waals surface area contributed by atoms with Gasteiger partial charge in [-0.25, -0.2) is 0 Å². The monoisotopic (exact) mass is 721 g/mol. The van der Waals surface area contributed by atoms with Gasteiger partial charge in [-0.1, -0.05) is 6.07 Å². The van der Waals surface area contributed by atoms with Crippen LogP contribution >= 0.6 is 0 Å². The normalized spacial score (nSPS) is 17.1. The molecule has 0 radical (unpaired) electrons. The Morgan fingerprint density at radius 1 is 0.367 bits per heavy atom. The van der Waals surface area contributed by atoms with Gasteiger partial charge in [0.15, 0.2) is 0 Å². The quantitative estimate of drug-likeness (QED) is 0.129. The van der Waals surface area contributed by atoms with Crippen LogP contribution in [0.1, 0.15) is 0 Å². The van der Waals surface area contributed by atoms with Gasteiger partial charge in [0.25, 0.3) is 0 Å². The molecular formula is C32H17F8FeN8. The fourth-order valence-corrected chi connectivity index (χ4v) is 7.86. The van der Waals surface area contributed by atoms with Crippen molar-refractivity contribution < 1.29 is 39.6 Å². The Kier molecular flexibility index (Phi) is 3.95. The van der Waals surface area contributed by atoms with Gasteiger partial charge in [-0.05, 0) is 0 Å². The van der Waals surface area contributed by atoms with Crippen LogP contribution in [0.4, 0.5) is 28.4 Å². The standard InChI is InChI=1S/C32H17N8.8FH.Fe/c1-2-10-18-17(9-1)25-33-26(18)38-28-21-13-5-6-14-22(21)30(35-28)40-32-24-16-8-7-15-23(24)31(36-32)39-29-20-12-4-3-11-19(20)27(34-29)37-25;;;;;;;;;/h1-15H,(H2,33,34,35,36,37,38,39,40);8*1H;/q;;;;;;;;;+8/p-8. The molecule has 0 saturated heterocycles. The second-order valence-electron chi connectivity index (χ2n) is 11.8. The van der Waals surface area contributed by atoms with E-state index in [9.17, 15) is 28.4 Å². The van der Waals surface area contributed by atoms with Crippen molar-refractivity contribution in [3.05, 3.63) is 91.0 Å². The molecule has 2 aliphatic heterocycles. The molecule has 7 aromatic rings. The molecule has 9 rings (SSSR count). The molecule has 8 nitrogen and oxygen atoms in total. The fraction of sp³-hybridized carbons (Fsp3) is 0. The van der Waals surface area contributed by atoms with E-state index in [1.165, 1.54) is 12.1 Å². The third-order valence-electron chi connectivity index (χ3n) is 8.09. The van der Waals surface area contributed by atoms with Gasteiger partial charge < -0.3 is 0 Å². The second-order valence-corrected chi connectivity index (χ2v) is 18.5. The first kappa shape index (κ1) is 29.3. The van der Waals surface area contributed by atoms with Crippen LogP contribution in [0.25, 0.3) is 89.7 Å². The summed E-state index contributed by atoms with van der Waals surface area (Å²) in [5, 5.41) is -1.65. The van der Waals surface area contributed by atoms with Gasteiger partial charge in [0, 0.05) is 0 Å². The molecule has 0 spiro atoms. The van der Waals surface area contributed by atoms with E-state index in [1.54, 1.807) is 60.7 Å². The zero-order valence-corrected chi connectivity index (χ0v) is 25.3. The Morgan fingerprint density at radius 2 is 0.714 bits per heavy atom. The van der Waals surface area contributed by atoms with Gasteiger partial charge in [0.1, 0.15) is 0 Å². The van der Waals surface area contributed by atoms with Gasteiger partial charge in [0.2, 0.25) is 0 Å². The predicted molar refractivity (Wildman–Crippen MR) is 165 cm³/mol. The SMILES string of the molecule is [F][Fe]([F])([F])([F])([F])([F])([F])([F])[c]1cccc2c3nc4nc(nc5[nH]c(nc6nc(nc([nH]3)c12)-c1ccccc1-6)c1ccccc51)-c1ccccc1-4. The van der Waals surface area contributed by atoms with Gasteiger partial charge in [0.05, 0.1) is 0 Å². The van der Waals surface area contributed by atoms with Crippen molar-refractivity contribution in [1.29, 1.82) is 0 Å². The molecule has 249 valence electrons. The van der Waals surface area contributed by atoms with E-state index in [1.807, 2.05) is 0 Å². The number of halogens is 8. The van der Waals surface area contributed by atoms with Gasteiger partial charge in [-0.2, -0.15) is 0 Å². The topological polar surface area (TPSA) is 109 Å². The summed E-state index contributed by atoms with van der Waals surface area (Å²) in [5.41, 5.74) is 0.0341. The first-order valence-electron chi connectivity index (χ1n) is 14.2. The summed E-state index contributed by atoms with van der Waals surface area (Å²) in [6.07, 6.45) is 0. The van der Waals surface area contributed by atoms with E-state index < -0.39 is 43.8 Å². The summed E-state index contributed by atoms with van der Waals surface area (Å²) >= 11 is -16.9. The number of fused-ring (bicyclic) bond motifs is 20. The van der Waals surface area contributed by atoms with Crippen LogP contribution in [0.2, 0.25) is 0 Å². The zero-order valence-electron chi connectivity index (χ0n) is 24.2. The van der Waals surface area contributed by atoms with Crippen molar-refractivity contribution >= 4 is 48.6 Å². The first-order chi connectivity index (χ1) is 22.5. The Hall–Kier alpha value is -5.80. The van der Waals surface area contributed by atoms with E-state index in [-0.39, 0.29) is 40.6 Å². The average molecular weight is 721 g/mol. The van der Waals surface area contributed by atoms with Crippen LogP contribution in [-0.4, -0.2) is 39.9 Å². The molecule has 0 amide bonds. The molecule has 0 fully saturated rings. The zero-order chi connectivity index (χ0) is 34.4. The summed E-state index contributed by atoms with van der Waals surface area (Å²) in [7, 11) is 0. The van der Waals surface area contributed by atoms with Crippen LogP contribution < -0.4 is 4.46 Å². The molecular weight excluding hydrogens is 704 g/mol. The van der Waals surface area contributed by atoms with Crippen LogP contribution in [0.3, 0.4) is 0 Å². The summed E-state index contributed by atoms with van der Waals surface area (Å²) in [6, 6.07) is 20.1. The van der Waals surface area contributed by atoms with E-state index in [4.69, 9.17) is 4.98 Å². The third kappa shape index (κ3) is 4.64. The number of hydrogen-bond donors (Lipinski definition) is 2. The Morgan fingerprint density at radius 3 is 1.14 bits per heavy atom. The van der Waals surface area contributed by atoms with E-state index in [0.29, 0.717) is 33.1 Å². The molecule has 0 unspecified atom stereocenters. The number of benzene rings is 4. The maximum atomic E-state index is 14.6. The molecule has 8 bridgehead atoms. The molecule has 49 heavy (non-hydrogen) atoms. The molecule has 3 aromatic heterocycles. The Balaban J connectivity index is 1.56. The van der Waals surface area contributed by atoms with Crippen molar-refractivity contribution in [1.82, 2.24) is 39.9 Å².